The first-order valence-corrected chi connectivity index (χ1v) is 7.26. The Kier molecular flexibility index (Phi) is 3.38. The van der Waals surface area contributed by atoms with Crippen molar-refractivity contribution in [3.05, 3.63) is 64.4 Å². The topological polar surface area (TPSA) is 17.8 Å². The van der Waals surface area contributed by atoms with Crippen LogP contribution in [0.3, 0.4) is 0 Å². The van der Waals surface area contributed by atoms with Gasteiger partial charge in [0, 0.05) is 17.4 Å². The van der Waals surface area contributed by atoms with Gasteiger partial charge in [-0.2, -0.15) is 0 Å². The average Bonchev–Trinajstić information content (AvgIpc) is 2.79. The van der Waals surface area contributed by atoms with Gasteiger partial charge in [0.25, 0.3) is 0 Å². The van der Waals surface area contributed by atoms with Crippen LogP contribution in [0.25, 0.3) is 11.0 Å². The minimum atomic E-state index is 0.872. The van der Waals surface area contributed by atoms with Crippen molar-refractivity contribution in [3.8, 4) is 0 Å². The SMILES string of the molecule is CCc1nc2ccccc2n1Cc1ccc(Br)cc1. The molecule has 3 heteroatoms. The Morgan fingerprint density at radius 2 is 1.79 bits per heavy atom. The Balaban J connectivity index is 2.06. The molecule has 2 aromatic carbocycles. The predicted octanol–water partition coefficient (Wildman–Crippen LogP) is 4.41. The Bertz CT molecular complexity index is 698. The summed E-state index contributed by atoms with van der Waals surface area (Å²) in [6.45, 7) is 3.02. The lowest BCUT2D eigenvalue weighted by molar-refractivity contribution is 0.753. The van der Waals surface area contributed by atoms with Crippen molar-refractivity contribution in [3.63, 3.8) is 0 Å². The van der Waals surface area contributed by atoms with Crippen LogP contribution >= 0.6 is 15.9 Å². The molecule has 96 valence electrons. The van der Waals surface area contributed by atoms with Gasteiger partial charge in [-0.3, -0.25) is 0 Å². The van der Waals surface area contributed by atoms with Crippen molar-refractivity contribution in [1.29, 1.82) is 0 Å². The molecule has 1 heterocycles. The standard InChI is InChI=1S/C16H15BrN2/c1-2-16-18-14-5-3-4-6-15(14)19(16)11-12-7-9-13(17)10-8-12/h3-10H,2,11H2,1H3. The van der Waals surface area contributed by atoms with Crippen LogP contribution in [-0.2, 0) is 13.0 Å². The summed E-state index contributed by atoms with van der Waals surface area (Å²) < 4.78 is 3.42. The number of hydrogen-bond acceptors (Lipinski definition) is 1. The number of benzene rings is 2. The molecule has 3 rings (SSSR count). The number of aromatic nitrogens is 2. The maximum atomic E-state index is 4.70. The van der Waals surface area contributed by atoms with Gasteiger partial charge in [0.2, 0.25) is 0 Å². The lowest BCUT2D eigenvalue weighted by atomic mass is 10.2. The van der Waals surface area contributed by atoms with Crippen LogP contribution < -0.4 is 0 Å². The van der Waals surface area contributed by atoms with E-state index in [4.69, 9.17) is 4.98 Å². The summed E-state index contributed by atoms with van der Waals surface area (Å²) in [4.78, 5) is 4.70. The third-order valence-electron chi connectivity index (χ3n) is 3.30. The zero-order chi connectivity index (χ0) is 13.2. The number of fused-ring (bicyclic) bond motifs is 1. The minimum absolute atomic E-state index is 0.872. The number of imidazole rings is 1. The van der Waals surface area contributed by atoms with Gasteiger partial charge in [-0.05, 0) is 29.8 Å². The van der Waals surface area contributed by atoms with Gasteiger partial charge in [0.05, 0.1) is 11.0 Å². The summed E-state index contributed by atoms with van der Waals surface area (Å²) in [6.07, 6.45) is 0.950. The van der Waals surface area contributed by atoms with Gasteiger partial charge in [0.15, 0.2) is 0 Å². The summed E-state index contributed by atoms with van der Waals surface area (Å²) in [5.74, 6) is 1.14. The van der Waals surface area contributed by atoms with E-state index in [-0.39, 0.29) is 0 Å². The highest BCUT2D eigenvalue weighted by Crippen LogP contribution is 2.19. The largest absolute Gasteiger partial charge is 0.323 e. The summed E-state index contributed by atoms with van der Waals surface area (Å²) in [6, 6.07) is 16.8. The second-order valence-corrected chi connectivity index (χ2v) is 5.50. The molecule has 3 aromatic rings. The number of aryl methyl sites for hydroxylation is 1. The van der Waals surface area contributed by atoms with E-state index in [0.717, 1.165) is 28.8 Å². The molecule has 0 atom stereocenters. The lowest BCUT2D eigenvalue weighted by Crippen LogP contribution is -2.04. The summed E-state index contributed by atoms with van der Waals surface area (Å²) in [5, 5.41) is 0. The van der Waals surface area contributed by atoms with Crippen LogP contribution in [0.4, 0.5) is 0 Å². The highest BCUT2D eigenvalue weighted by Gasteiger charge is 2.08. The van der Waals surface area contributed by atoms with Crippen molar-refractivity contribution in [2.24, 2.45) is 0 Å². The Morgan fingerprint density at radius 1 is 1.05 bits per heavy atom. The first kappa shape index (κ1) is 12.4. The van der Waals surface area contributed by atoms with E-state index in [0.29, 0.717) is 0 Å². The fourth-order valence-corrected chi connectivity index (χ4v) is 2.61. The van der Waals surface area contributed by atoms with Crippen LogP contribution in [0.1, 0.15) is 18.3 Å². The molecule has 0 N–H and O–H groups in total. The first-order chi connectivity index (χ1) is 9.28. The highest BCUT2D eigenvalue weighted by molar-refractivity contribution is 9.10. The van der Waals surface area contributed by atoms with Crippen molar-refractivity contribution >= 4 is 27.0 Å². The molecule has 0 saturated carbocycles. The van der Waals surface area contributed by atoms with Crippen LogP contribution in [0.2, 0.25) is 0 Å². The molecule has 0 fully saturated rings. The number of rotatable bonds is 3. The molecule has 0 aliphatic rings. The quantitative estimate of drug-likeness (QED) is 0.700. The molecule has 0 unspecified atom stereocenters. The van der Waals surface area contributed by atoms with E-state index in [1.807, 2.05) is 6.07 Å². The van der Waals surface area contributed by atoms with Gasteiger partial charge in [-0.15, -0.1) is 0 Å². The maximum Gasteiger partial charge on any atom is 0.109 e. The molecule has 1 aromatic heterocycles. The second-order valence-electron chi connectivity index (χ2n) is 4.58. The number of hydrogen-bond donors (Lipinski definition) is 0. The van der Waals surface area contributed by atoms with Gasteiger partial charge >= 0.3 is 0 Å². The van der Waals surface area contributed by atoms with Gasteiger partial charge in [-0.25, -0.2) is 4.98 Å². The summed E-state index contributed by atoms with van der Waals surface area (Å²) >= 11 is 3.47. The number of nitrogens with zero attached hydrogens (tertiary/aromatic N) is 2. The molecule has 0 bridgehead atoms. The predicted molar refractivity (Wildman–Crippen MR) is 82.4 cm³/mol. The summed E-state index contributed by atoms with van der Waals surface area (Å²) in [7, 11) is 0. The van der Waals surface area contributed by atoms with E-state index in [9.17, 15) is 0 Å². The van der Waals surface area contributed by atoms with Crippen molar-refractivity contribution in [2.45, 2.75) is 19.9 Å². The van der Waals surface area contributed by atoms with Crippen LogP contribution in [0.5, 0.6) is 0 Å². The fourth-order valence-electron chi connectivity index (χ4n) is 2.34. The normalized spacial score (nSPS) is 11.1. The monoisotopic (exact) mass is 314 g/mol. The van der Waals surface area contributed by atoms with E-state index in [2.05, 4.69) is 69.9 Å². The molecule has 0 aliphatic carbocycles. The average molecular weight is 315 g/mol. The Hall–Kier alpha value is -1.61. The molecule has 0 amide bonds. The van der Waals surface area contributed by atoms with E-state index >= 15 is 0 Å². The van der Waals surface area contributed by atoms with Crippen molar-refractivity contribution in [2.75, 3.05) is 0 Å². The molecule has 0 spiro atoms. The van der Waals surface area contributed by atoms with Gasteiger partial charge in [0.1, 0.15) is 5.82 Å². The molecule has 0 radical (unpaired) electrons. The smallest absolute Gasteiger partial charge is 0.109 e. The second kappa shape index (κ2) is 5.17. The van der Waals surface area contributed by atoms with E-state index in [1.54, 1.807) is 0 Å². The van der Waals surface area contributed by atoms with E-state index < -0.39 is 0 Å². The Morgan fingerprint density at radius 3 is 2.53 bits per heavy atom. The van der Waals surface area contributed by atoms with Gasteiger partial charge in [-0.1, -0.05) is 47.1 Å². The fraction of sp³-hybridized carbons (Fsp3) is 0.188. The third-order valence-corrected chi connectivity index (χ3v) is 3.83. The zero-order valence-corrected chi connectivity index (χ0v) is 12.4. The molecular formula is C16H15BrN2. The molecule has 19 heavy (non-hydrogen) atoms. The number of halogens is 1. The summed E-state index contributed by atoms with van der Waals surface area (Å²) in [5.41, 5.74) is 3.58. The van der Waals surface area contributed by atoms with Gasteiger partial charge < -0.3 is 4.57 Å². The molecule has 0 aliphatic heterocycles. The van der Waals surface area contributed by atoms with Crippen LogP contribution in [0.15, 0.2) is 53.0 Å². The van der Waals surface area contributed by atoms with Crippen molar-refractivity contribution < 1.29 is 0 Å². The van der Waals surface area contributed by atoms with Crippen LogP contribution in [0, 0.1) is 0 Å². The highest BCUT2D eigenvalue weighted by atomic mass is 79.9. The Labute approximate surface area is 121 Å². The molecule has 2 nitrogen and oxygen atoms in total. The molecule has 0 saturated heterocycles. The maximum absolute atomic E-state index is 4.70. The third kappa shape index (κ3) is 2.43. The zero-order valence-electron chi connectivity index (χ0n) is 10.8. The van der Waals surface area contributed by atoms with Crippen molar-refractivity contribution in [1.82, 2.24) is 9.55 Å². The number of para-hydroxylation sites is 2. The lowest BCUT2D eigenvalue weighted by Gasteiger charge is -2.08. The molecular weight excluding hydrogens is 300 g/mol. The van der Waals surface area contributed by atoms with Crippen LogP contribution in [-0.4, -0.2) is 9.55 Å². The minimum Gasteiger partial charge on any atom is -0.323 e. The first-order valence-electron chi connectivity index (χ1n) is 6.46. The van der Waals surface area contributed by atoms with E-state index in [1.165, 1.54) is 11.1 Å².